The fourth-order valence-electron chi connectivity index (χ4n) is 3.47. The Morgan fingerprint density at radius 3 is 2.31 bits per heavy atom. The minimum Gasteiger partial charge on any atom is -0.445 e. The smallest absolute Gasteiger partial charge is 0.410 e. The summed E-state index contributed by atoms with van der Waals surface area (Å²) in [5, 5.41) is 0. The normalized spacial score (nSPS) is 13.8. The summed E-state index contributed by atoms with van der Waals surface area (Å²) < 4.78 is 20.9. The minimum atomic E-state index is -0.373. The van der Waals surface area contributed by atoms with E-state index in [0.29, 0.717) is 36.5 Å². The van der Waals surface area contributed by atoms with E-state index >= 15 is 0 Å². The van der Waals surface area contributed by atoms with Crippen LogP contribution in [0.15, 0.2) is 65.5 Å². The SMILES string of the molecule is O=C(Cn1cnc(-c2ccc(F)cc2)c1Br)N1CCN(C(=O)OCc2ccccc2)CC1. The fraction of sp³-hybridized carbons (Fsp3) is 0.261. The topological polar surface area (TPSA) is 67.7 Å². The number of carbonyl (C=O) groups excluding carboxylic acids is 2. The van der Waals surface area contributed by atoms with Gasteiger partial charge in [0, 0.05) is 31.7 Å². The van der Waals surface area contributed by atoms with Crippen molar-refractivity contribution in [2.24, 2.45) is 0 Å². The lowest BCUT2D eigenvalue weighted by Gasteiger charge is -2.34. The summed E-state index contributed by atoms with van der Waals surface area (Å²) in [7, 11) is 0. The van der Waals surface area contributed by atoms with Crippen molar-refractivity contribution in [2.45, 2.75) is 13.2 Å². The Balaban J connectivity index is 1.28. The van der Waals surface area contributed by atoms with E-state index in [1.807, 2.05) is 30.3 Å². The van der Waals surface area contributed by atoms with Crippen molar-refractivity contribution in [2.75, 3.05) is 26.2 Å². The molecule has 0 aliphatic carbocycles. The molecule has 1 saturated heterocycles. The lowest BCUT2D eigenvalue weighted by atomic mass is 10.2. The Bertz CT molecular complexity index is 1080. The number of imidazole rings is 1. The summed E-state index contributed by atoms with van der Waals surface area (Å²) in [5.74, 6) is -0.381. The van der Waals surface area contributed by atoms with E-state index in [9.17, 15) is 14.0 Å². The molecule has 2 heterocycles. The summed E-state index contributed by atoms with van der Waals surface area (Å²) in [5.41, 5.74) is 2.33. The van der Waals surface area contributed by atoms with E-state index in [-0.39, 0.29) is 31.0 Å². The molecule has 1 aliphatic rings. The molecule has 1 aliphatic heterocycles. The number of halogens is 2. The first-order valence-electron chi connectivity index (χ1n) is 10.2. The third kappa shape index (κ3) is 5.16. The Labute approximate surface area is 193 Å². The highest BCUT2D eigenvalue weighted by Gasteiger charge is 2.25. The monoisotopic (exact) mass is 500 g/mol. The first kappa shape index (κ1) is 22.0. The number of carbonyl (C=O) groups is 2. The summed E-state index contributed by atoms with van der Waals surface area (Å²) in [4.78, 5) is 32.8. The number of amides is 2. The molecule has 1 aromatic heterocycles. The second-order valence-corrected chi connectivity index (χ2v) is 8.18. The van der Waals surface area contributed by atoms with E-state index in [1.165, 1.54) is 12.1 Å². The third-order valence-electron chi connectivity index (χ3n) is 5.29. The molecule has 9 heteroatoms. The van der Waals surface area contributed by atoms with Crippen LogP contribution in [0.1, 0.15) is 5.56 Å². The predicted octanol–water partition coefficient (Wildman–Crippen LogP) is 3.93. The number of hydrogen-bond acceptors (Lipinski definition) is 4. The van der Waals surface area contributed by atoms with Gasteiger partial charge >= 0.3 is 6.09 Å². The van der Waals surface area contributed by atoms with Crippen LogP contribution in [0.5, 0.6) is 0 Å². The number of ether oxygens (including phenoxy) is 1. The third-order valence-corrected chi connectivity index (χ3v) is 6.12. The quantitative estimate of drug-likeness (QED) is 0.532. The van der Waals surface area contributed by atoms with Crippen LogP contribution in [0.2, 0.25) is 0 Å². The Kier molecular flexibility index (Phi) is 6.84. The van der Waals surface area contributed by atoms with Crippen molar-refractivity contribution < 1.29 is 18.7 Å². The molecule has 0 N–H and O–H groups in total. The van der Waals surface area contributed by atoms with Gasteiger partial charge in [0.1, 0.15) is 29.3 Å². The molecule has 2 aromatic carbocycles. The summed E-state index contributed by atoms with van der Waals surface area (Å²) >= 11 is 3.49. The molecule has 32 heavy (non-hydrogen) atoms. The first-order chi connectivity index (χ1) is 15.5. The Morgan fingerprint density at radius 1 is 0.969 bits per heavy atom. The average Bonchev–Trinajstić information content (AvgIpc) is 3.18. The van der Waals surface area contributed by atoms with E-state index < -0.39 is 0 Å². The molecule has 2 amide bonds. The molecule has 3 aromatic rings. The van der Waals surface area contributed by atoms with Gasteiger partial charge in [0.2, 0.25) is 5.91 Å². The second kappa shape index (κ2) is 9.95. The molecule has 166 valence electrons. The highest BCUT2D eigenvalue weighted by molar-refractivity contribution is 9.10. The number of aromatic nitrogens is 2. The van der Waals surface area contributed by atoms with E-state index in [1.54, 1.807) is 32.8 Å². The molecular weight excluding hydrogens is 479 g/mol. The van der Waals surface area contributed by atoms with E-state index in [0.717, 1.165) is 11.1 Å². The molecule has 0 bridgehead atoms. The standard InChI is InChI=1S/C23H22BrFN4O3/c24-22-21(18-6-8-19(25)9-7-18)26-16-29(22)14-20(30)27-10-12-28(13-11-27)23(31)32-15-17-4-2-1-3-5-17/h1-9,16H,10-15H2. The zero-order valence-corrected chi connectivity index (χ0v) is 18.9. The van der Waals surface area contributed by atoms with Gasteiger partial charge in [-0.3, -0.25) is 4.79 Å². The highest BCUT2D eigenvalue weighted by atomic mass is 79.9. The number of piperazine rings is 1. The van der Waals surface area contributed by atoms with Crippen LogP contribution in [0.3, 0.4) is 0 Å². The van der Waals surface area contributed by atoms with Crippen molar-refractivity contribution >= 4 is 27.9 Å². The maximum Gasteiger partial charge on any atom is 0.410 e. The summed E-state index contributed by atoms with van der Waals surface area (Å²) in [6, 6.07) is 15.5. The largest absolute Gasteiger partial charge is 0.445 e. The summed E-state index contributed by atoms with van der Waals surface area (Å²) in [6.07, 6.45) is 1.21. The van der Waals surface area contributed by atoms with Gasteiger partial charge in [-0.15, -0.1) is 0 Å². The molecule has 7 nitrogen and oxygen atoms in total. The highest BCUT2D eigenvalue weighted by Crippen LogP contribution is 2.27. The van der Waals surface area contributed by atoms with Crippen molar-refractivity contribution in [3.8, 4) is 11.3 Å². The molecule has 0 unspecified atom stereocenters. The van der Waals surface area contributed by atoms with Crippen LogP contribution >= 0.6 is 15.9 Å². The Hall–Kier alpha value is -3.20. The minimum absolute atomic E-state index is 0.0638. The lowest BCUT2D eigenvalue weighted by molar-refractivity contribution is -0.133. The fourth-order valence-corrected chi connectivity index (χ4v) is 4.02. The molecule has 0 radical (unpaired) electrons. The Morgan fingerprint density at radius 2 is 1.62 bits per heavy atom. The van der Waals surface area contributed by atoms with Crippen molar-refractivity contribution in [1.29, 1.82) is 0 Å². The number of rotatable bonds is 5. The molecule has 0 spiro atoms. The summed E-state index contributed by atoms with van der Waals surface area (Å²) in [6.45, 7) is 2.07. The maximum atomic E-state index is 13.2. The van der Waals surface area contributed by atoms with Gasteiger partial charge in [-0.2, -0.15) is 0 Å². The van der Waals surface area contributed by atoms with Crippen LogP contribution in [-0.2, 0) is 22.7 Å². The van der Waals surface area contributed by atoms with Crippen LogP contribution in [0, 0.1) is 5.82 Å². The number of nitrogens with zero attached hydrogens (tertiary/aromatic N) is 4. The van der Waals surface area contributed by atoms with Crippen LogP contribution in [-0.4, -0.2) is 57.5 Å². The molecule has 1 fully saturated rings. The molecule has 0 atom stereocenters. The first-order valence-corrected chi connectivity index (χ1v) is 11.0. The van der Waals surface area contributed by atoms with Crippen LogP contribution < -0.4 is 0 Å². The number of benzene rings is 2. The van der Waals surface area contributed by atoms with Crippen LogP contribution in [0.25, 0.3) is 11.3 Å². The van der Waals surface area contributed by atoms with Crippen molar-refractivity contribution in [3.63, 3.8) is 0 Å². The van der Waals surface area contributed by atoms with E-state index in [4.69, 9.17) is 4.74 Å². The van der Waals surface area contributed by atoms with Gasteiger partial charge in [0.25, 0.3) is 0 Å². The van der Waals surface area contributed by atoms with Crippen LogP contribution in [0.4, 0.5) is 9.18 Å². The van der Waals surface area contributed by atoms with Crippen molar-refractivity contribution in [3.05, 3.63) is 76.9 Å². The second-order valence-electron chi connectivity index (χ2n) is 7.43. The maximum absolute atomic E-state index is 13.2. The van der Waals surface area contributed by atoms with Crippen molar-refractivity contribution in [1.82, 2.24) is 19.4 Å². The van der Waals surface area contributed by atoms with Gasteiger partial charge in [-0.05, 0) is 45.8 Å². The molecule has 4 rings (SSSR count). The van der Waals surface area contributed by atoms with Gasteiger partial charge < -0.3 is 19.1 Å². The van der Waals surface area contributed by atoms with Gasteiger partial charge in [-0.1, -0.05) is 30.3 Å². The van der Waals surface area contributed by atoms with Gasteiger partial charge in [0.15, 0.2) is 0 Å². The molecule has 0 saturated carbocycles. The lowest BCUT2D eigenvalue weighted by Crippen LogP contribution is -2.51. The zero-order valence-electron chi connectivity index (χ0n) is 17.3. The zero-order chi connectivity index (χ0) is 22.5. The molecular formula is C23H22BrFN4O3. The van der Waals surface area contributed by atoms with Gasteiger partial charge in [-0.25, -0.2) is 14.2 Å². The average molecular weight is 501 g/mol. The number of hydrogen-bond donors (Lipinski definition) is 0. The van der Waals surface area contributed by atoms with Gasteiger partial charge in [0.05, 0.1) is 6.33 Å². The predicted molar refractivity (Wildman–Crippen MR) is 120 cm³/mol. The van der Waals surface area contributed by atoms with E-state index in [2.05, 4.69) is 20.9 Å².